The van der Waals surface area contributed by atoms with Crippen molar-refractivity contribution in [3.05, 3.63) is 11.8 Å². The van der Waals surface area contributed by atoms with E-state index in [9.17, 15) is 0 Å². The maximum Gasteiger partial charge on any atom is 0.226 e. The van der Waals surface area contributed by atoms with Gasteiger partial charge in [-0.3, -0.25) is 0 Å². The van der Waals surface area contributed by atoms with Gasteiger partial charge in [0.25, 0.3) is 0 Å². The molecule has 5 heteroatoms. The van der Waals surface area contributed by atoms with E-state index in [0.29, 0.717) is 17.7 Å². The van der Waals surface area contributed by atoms with Crippen LogP contribution in [-0.2, 0) is 0 Å². The molecule has 1 fully saturated rings. The highest BCUT2D eigenvalue weighted by molar-refractivity contribution is 5.30. The molecule has 16 heavy (non-hydrogen) atoms. The number of hydrogen-bond donors (Lipinski definition) is 2. The Labute approximate surface area is 95.4 Å². The standard InChI is InChI=1S/C11H18N4O/c1-7-5-10(16-2)15-11(14-7)13-6-9(12)8-3-4-8/h5,8-9H,3-4,6,12H2,1-2H3,(H,13,14,15). The molecule has 0 aromatic carbocycles. The highest BCUT2D eigenvalue weighted by Crippen LogP contribution is 2.31. The molecule has 2 rings (SSSR count). The molecule has 1 aromatic heterocycles. The zero-order valence-electron chi connectivity index (χ0n) is 9.73. The van der Waals surface area contributed by atoms with Crippen molar-refractivity contribution >= 4 is 5.95 Å². The van der Waals surface area contributed by atoms with Crippen LogP contribution in [0.3, 0.4) is 0 Å². The van der Waals surface area contributed by atoms with Crippen molar-refractivity contribution in [2.75, 3.05) is 19.0 Å². The normalized spacial score (nSPS) is 16.9. The van der Waals surface area contributed by atoms with Gasteiger partial charge in [0.15, 0.2) is 0 Å². The van der Waals surface area contributed by atoms with E-state index in [-0.39, 0.29) is 6.04 Å². The molecule has 5 nitrogen and oxygen atoms in total. The van der Waals surface area contributed by atoms with Gasteiger partial charge in [-0.05, 0) is 25.7 Å². The van der Waals surface area contributed by atoms with Crippen LogP contribution in [0.15, 0.2) is 6.07 Å². The summed E-state index contributed by atoms with van der Waals surface area (Å²) in [7, 11) is 1.60. The fraction of sp³-hybridized carbons (Fsp3) is 0.636. The predicted octanol–water partition coefficient (Wildman–Crippen LogP) is 0.943. The molecular formula is C11H18N4O. The van der Waals surface area contributed by atoms with E-state index >= 15 is 0 Å². The van der Waals surface area contributed by atoms with Gasteiger partial charge in [0.05, 0.1) is 7.11 Å². The first-order chi connectivity index (χ1) is 7.69. The highest BCUT2D eigenvalue weighted by Gasteiger charge is 2.28. The van der Waals surface area contributed by atoms with Crippen LogP contribution in [-0.4, -0.2) is 29.7 Å². The van der Waals surface area contributed by atoms with Crippen LogP contribution in [0.25, 0.3) is 0 Å². The Morgan fingerprint density at radius 3 is 2.94 bits per heavy atom. The minimum Gasteiger partial charge on any atom is -0.481 e. The third-order valence-electron chi connectivity index (χ3n) is 2.76. The quantitative estimate of drug-likeness (QED) is 0.775. The maximum absolute atomic E-state index is 5.99. The van der Waals surface area contributed by atoms with Crippen molar-refractivity contribution in [1.29, 1.82) is 0 Å². The van der Waals surface area contributed by atoms with Gasteiger partial charge in [-0.25, -0.2) is 4.98 Å². The first-order valence-electron chi connectivity index (χ1n) is 5.58. The van der Waals surface area contributed by atoms with E-state index in [1.54, 1.807) is 13.2 Å². The topological polar surface area (TPSA) is 73.1 Å². The summed E-state index contributed by atoms with van der Waals surface area (Å²) in [6.07, 6.45) is 2.50. The van der Waals surface area contributed by atoms with Gasteiger partial charge in [-0.2, -0.15) is 4.98 Å². The molecule has 0 radical (unpaired) electrons. The summed E-state index contributed by atoms with van der Waals surface area (Å²) in [5.74, 6) is 1.85. The van der Waals surface area contributed by atoms with E-state index < -0.39 is 0 Å². The predicted molar refractivity (Wildman–Crippen MR) is 62.5 cm³/mol. The smallest absolute Gasteiger partial charge is 0.226 e. The van der Waals surface area contributed by atoms with Crippen LogP contribution >= 0.6 is 0 Å². The summed E-state index contributed by atoms with van der Waals surface area (Å²) in [5, 5.41) is 3.15. The van der Waals surface area contributed by atoms with Crippen LogP contribution in [0.1, 0.15) is 18.5 Å². The molecule has 1 aliphatic carbocycles. The Morgan fingerprint density at radius 2 is 2.31 bits per heavy atom. The summed E-state index contributed by atoms with van der Waals surface area (Å²) < 4.78 is 5.08. The zero-order chi connectivity index (χ0) is 11.5. The number of anilines is 1. The van der Waals surface area contributed by atoms with Gasteiger partial charge in [-0.1, -0.05) is 0 Å². The fourth-order valence-electron chi connectivity index (χ4n) is 1.62. The minimum atomic E-state index is 0.204. The third-order valence-corrected chi connectivity index (χ3v) is 2.76. The van der Waals surface area contributed by atoms with Crippen LogP contribution in [0.5, 0.6) is 5.88 Å². The molecule has 1 aliphatic rings. The number of nitrogens with zero attached hydrogens (tertiary/aromatic N) is 2. The Balaban J connectivity index is 1.94. The molecule has 0 aliphatic heterocycles. The number of nitrogens with two attached hydrogens (primary N) is 1. The minimum absolute atomic E-state index is 0.204. The molecule has 1 atom stereocenters. The van der Waals surface area contributed by atoms with E-state index in [1.807, 2.05) is 6.92 Å². The molecular weight excluding hydrogens is 204 g/mol. The van der Waals surface area contributed by atoms with E-state index in [1.165, 1.54) is 12.8 Å². The van der Waals surface area contributed by atoms with Gasteiger partial charge >= 0.3 is 0 Å². The number of rotatable bonds is 5. The van der Waals surface area contributed by atoms with Crippen molar-refractivity contribution in [1.82, 2.24) is 9.97 Å². The Morgan fingerprint density at radius 1 is 1.56 bits per heavy atom. The molecule has 88 valence electrons. The molecule has 1 heterocycles. The van der Waals surface area contributed by atoms with Gasteiger partial charge in [0.1, 0.15) is 0 Å². The van der Waals surface area contributed by atoms with Gasteiger partial charge in [0.2, 0.25) is 11.8 Å². The van der Waals surface area contributed by atoms with Crippen LogP contribution in [0, 0.1) is 12.8 Å². The second-order valence-electron chi connectivity index (χ2n) is 4.26. The number of aryl methyl sites for hydroxylation is 1. The lowest BCUT2D eigenvalue weighted by Crippen LogP contribution is -2.31. The lowest BCUT2D eigenvalue weighted by Gasteiger charge is -2.12. The number of ether oxygens (including phenoxy) is 1. The number of hydrogen-bond acceptors (Lipinski definition) is 5. The summed E-state index contributed by atoms with van der Waals surface area (Å²) >= 11 is 0. The summed E-state index contributed by atoms with van der Waals surface area (Å²) in [6, 6.07) is 2.00. The second-order valence-corrected chi connectivity index (χ2v) is 4.26. The van der Waals surface area contributed by atoms with Crippen molar-refractivity contribution < 1.29 is 4.74 Å². The lowest BCUT2D eigenvalue weighted by atomic mass is 10.2. The molecule has 1 aromatic rings. The van der Waals surface area contributed by atoms with Crippen LogP contribution in [0.2, 0.25) is 0 Å². The molecule has 1 unspecified atom stereocenters. The highest BCUT2D eigenvalue weighted by atomic mass is 16.5. The molecule has 1 saturated carbocycles. The molecule has 0 bridgehead atoms. The molecule has 3 N–H and O–H groups in total. The first-order valence-corrected chi connectivity index (χ1v) is 5.58. The largest absolute Gasteiger partial charge is 0.481 e. The third kappa shape index (κ3) is 2.82. The Bertz CT molecular complexity index is 365. The van der Waals surface area contributed by atoms with Crippen molar-refractivity contribution in [3.63, 3.8) is 0 Å². The molecule has 0 spiro atoms. The Kier molecular flexibility index (Phi) is 3.24. The first kappa shape index (κ1) is 11.1. The number of aromatic nitrogens is 2. The number of nitrogens with one attached hydrogen (secondary N) is 1. The van der Waals surface area contributed by atoms with Crippen molar-refractivity contribution in [2.45, 2.75) is 25.8 Å². The summed E-state index contributed by atoms with van der Waals surface area (Å²) in [4.78, 5) is 8.48. The van der Waals surface area contributed by atoms with Gasteiger partial charge < -0.3 is 15.8 Å². The Hall–Kier alpha value is -1.36. The maximum atomic E-state index is 5.99. The average Bonchev–Trinajstić information content (AvgIpc) is 3.08. The van der Waals surface area contributed by atoms with E-state index in [4.69, 9.17) is 10.5 Å². The lowest BCUT2D eigenvalue weighted by molar-refractivity contribution is 0.397. The monoisotopic (exact) mass is 222 g/mol. The zero-order valence-corrected chi connectivity index (χ0v) is 9.73. The summed E-state index contributed by atoms with van der Waals surface area (Å²) in [5.41, 5.74) is 6.87. The molecule has 0 amide bonds. The van der Waals surface area contributed by atoms with E-state index in [0.717, 1.165) is 12.2 Å². The number of methoxy groups -OCH3 is 1. The summed E-state index contributed by atoms with van der Waals surface area (Å²) in [6.45, 7) is 2.63. The van der Waals surface area contributed by atoms with Crippen molar-refractivity contribution in [3.8, 4) is 5.88 Å². The van der Waals surface area contributed by atoms with Crippen LogP contribution in [0.4, 0.5) is 5.95 Å². The second kappa shape index (κ2) is 4.65. The van der Waals surface area contributed by atoms with Crippen LogP contribution < -0.4 is 15.8 Å². The molecule has 0 saturated heterocycles. The average molecular weight is 222 g/mol. The SMILES string of the molecule is COc1cc(C)nc(NCC(N)C2CC2)n1. The van der Waals surface area contributed by atoms with Gasteiger partial charge in [0, 0.05) is 24.3 Å². The van der Waals surface area contributed by atoms with Gasteiger partial charge in [-0.15, -0.1) is 0 Å². The fourth-order valence-corrected chi connectivity index (χ4v) is 1.62. The van der Waals surface area contributed by atoms with E-state index in [2.05, 4.69) is 15.3 Å². The van der Waals surface area contributed by atoms with Crippen molar-refractivity contribution in [2.24, 2.45) is 11.7 Å².